The van der Waals surface area contributed by atoms with E-state index < -0.39 is 57.2 Å². The molecule has 324 valence electrons. The SMILES string of the molecule is CCOc1ccc(Cc2cc([C@@H]3O[C@H](CO)[C@@H](O[Si](c4ccccc4)(c4ccccc4)C(C)(C)C)[C@H](O)[C@H]3O[Si](c3ccccc3)(c3ccccc3)C(C)(C)C)ccc2Cl)cc1. The fourth-order valence-electron chi connectivity index (χ4n) is 9.41. The van der Waals surface area contributed by atoms with E-state index in [1.54, 1.807) is 0 Å². The smallest absolute Gasteiger partial charge is 0.261 e. The normalized spacial score (nSPS) is 19.9. The lowest BCUT2D eigenvalue weighted by Crippen LogP contribution is -2.73. The average molecular weight is 886 g/mol. The number of ether oxygens (including phenoxy) is 2. The van der Waals surface area contributed by atoms with Crippen LogP contribution in [0.3, 0.4) is 0 Å². The van der Waals surface area contributed by atoms with Crippen LogP contribution < -0.4 is 25.5 Å². The fraction of sp³-hybridized carbons (Fsp3) is 0.321. The van der Waals surface area contributed by atoms with Crippen molar-refractivity contribution >= 4 is 49.0 Å². The van der Waals surface area contributed by atoms with Gasteiger partial charge in [-0.25, -0.2) is 0 Å². The van der Waals surface area contributed by atoms with Gasteiger partial charge in [-0.1, -0.05) is 199 Å². The maximum absolute atomic E-state index is 13.4. The van der Waals surface area contributed by atoms with Gasteiger partial charge < -0.3 is 28.5 Å². The summed E-state index contributed by atoms with van der Waals surface area (Å²) in [5, 5.41) is 28.8. The van der Waals surface area contributed by atoms with Crippen molar-refractivity contribution in [1.29, 1.82) is 0 Å². The third-order valence-electron chi connectivity index (χ3n) is 12.3. The molecule has 6 aromatic rings. The zero-order valence-corrected chi connectivity index (χ0v) is 39.8. The van der Waals surface area contributed by atoms with E-state index in [-0.39, 0.29) is 6.61 Å². The van der Waals surface area contributed by atoms with Gasteiger partial charge in [0.25, 0.3) is 16.6 Å². The summed E-state index contributed by atoms with van der Waals surface area (Å²) in [4.78, 5) is 0. The molecule has 0 bridgehead atoms. The average Bonchev–Trinajstić information content (AvgIpc) is 3.27. The van der Waals surface area contributed by atoms with Crippen molar-refractivity contribution in [2.75, 3.05) is 13.2 Å². The highest BCUT2D eigenvalue weighted by Crippen LogP contribution is 2.46. The Morgan fingerprint density at radius 1 is 0.597 bits per heavy atom. The van der Waals surface area contributed by atoms with Crippen LogP contribution in [0.25, 0.3) is 0 Å². The largest absolute Gasteiger partial charge is 0.494 e. The molecule has 5 atom stereocenters. The lowest BCUT2D eigenvalue weighted by molar-refractivity contribution is -0.222. The van der Waals surface area contributed by atoms with E-state index in [1.807, 2.05) is 79.7 Å². The number of rotatable bonds is 14. The Balaban J connectivity index is 1.41. The third-order valence-corrected chi connectivity index (χ3v) is 22.8. The van der Waals surface area contributed by atoms with Gasteiger partial charge in [-0.2, -0.15) is 0 Å². The fourth-order valence-corrected chi connectivity index (χ4v) is 19.0. The van der Waals surface area contributed by atoms with Crippen LogP contribution in [0.2, 0.25) is 15.1 Å². The Morgan fingerprint density at radius 3 is 1.44 bits per heavy atom. The first-order valence-electron chi connectivity index (χ1n) is 21.8. The van der Waals surface area contributed by atoms with E-state index in [2.05, 4.69) is 133 Å². The van der Waals surface area contributed by atoms with E-state index in [0.717, 1.165) is 43.2 Å². The standard InChI is InChI=1S/C53H61ClO6Si2/c1-8-57-41-32-29-38(30-33-41)35-40-36-39(31-34-46(40)54)49-51(60-62(53(5,6)7,44-25-17-11-18-26-44)45-27-19-12-20-28-45)48(56)50(47(37-55)58-49)59-61(52(2,3)4,42-21-13-9-14-22-42)43-23-15-10-16-24-43/h9-34,36,47-51,55-56H,8,35,37H2,1-7H3/t47-,48+,49+,50-,51-/m1/s1. The zero-order chi connectivity index (χ0) is 44.1. The Hall–Kier alpha value is -4.36. The van der Waals surface area contributed by atoms with E-state index in [0.29, 0.717) is 18.1 Å². The highest BCUT2D eigenvalue weighted by molar-refractivity contribution is 7.00. The Bertz CT molecular complexity index is 2260. The summed E-state index contributed by atoms with van der Waals surface area (Å²) >= 11 is 6.97. The van der Waals surface area contributed by atoms with Gasteiger partial charge in [-0.3, -0.25) is 0 Å². The molecule has 6 aromatic carbocycles. The van der Waals surface area contributed by atoms with Crippen LogP contribution in [0.5, 0.6) is 5.75 Å². The van der Waals surface area contributed by atoms with E-state index in [4.69, 9.17) is 29.9 Å². The van der Waals surface area contributed by atoms with E-state index >= 15 is 0 Å². The number of hydrogen-bond donors (Lipinski definition) is 2. The number of halogens is 1. The van der Waals surface area contributed by atoms with Crippen LogP contribution in [-0.2, 0) is 20.0 Å². The molecule has 6 nitrogen and oxygen atoms in total. The van der Waals surface area contributed by atoms with Gasteiger partial charge >= 0.3 is 0 Å². The molecule has 9 heteroatoms. The molecule has 0 amide bonds. The molecule has 0 unspecified atom stereocenters. The summed E-state index contributed by atoms with van der Waals surface area (Å²) in [5.74, 6) is 0.814. The van der Waals surface area contributed by atoms with Crippen LogP contribution in [0, 0.1) is 0 Å². The van der Waals surface area contributed by atoms with Crippen LogP contribution in [0.4, 0.5) is 0 Å². The number of hydrogen-bond acceptors (Lipinski definition) is 6. The molecule has 0 aromatic heterocycles. The van der Waals surface area contributed by atoms with Gasteiger partial charge in [0, 0.05) is 5.02 Å². The molecule has 1 saturated heterocycles. The molecule has 7 rings (SSSR count). The molecule has 1 aliphatic rings. The predicted octanol–water partition coefficient (Wildman–Crippen LogP) is 9.01. The van der Waals surface area contributed by atoms with Crippen molar-refractivity contribution in [3.05, 3.63) is 186 Å². The summed E-state index contributed by atoms with van der Waals surface area (Å²) in [5.41, 5.74) is 2.77. The first-order chi connectivity index (χ1) is 29.7. The molecule has 1 fully saturated rings. The van der Waals surface area contributed by atoms with Gasteiger partial charge in [0.1, 0.15) is 36.3 Å². The molecule has 1 heterocycles. The summed E-state index contributed by atoms with van der Waals surface area (Å²) in [6, 6.07) is 55.6. The maximum atomic E-state index is 13.4. The van der Waals surface area contributed by atoms with Crippen molar-refractivity contribution in [2.24, 2.45) is 0 Å². The number of aliphatic hydroxyl groups is 2. The second-order valence-corrected chi connectivity index (χ2v) is 27.3. The molecule has 2 N–H and O–H groups in total. The maximum Gasteiger partial charge on any atom is 0.261 e. The molecular weight excluding hydrogens is 824 g/mol. The Kier molecular flexibility index (Phi) is 14.1. The summed E-state index contributed by atoms with van der Waals surface area (Å²) in [6.07, 6.45) is -4.29. The lowest BCUT2D eigenvalue weighted by atomic mass is 9.90. The molecule has 62 heavy (non-hydrogen) atoms. The second kappa shape index (κ2) is 19.2. The molecule has 0 spiro atoms. The highest BCUT2D eigenvalue weighted by atomic mass is 35.5. The first-order valence-corrected chi connectivity index (χ1v) is 25.9. The molecule has 0 aliphatic carbocycles. The molecule has 0 saturated carbocycles. The summed E-state index contributed by atoms with van der Waals surface area (Å²) < 4.78 is 28.5. The van der Waals surface area contributed by atoms with Crippen LogP contribution in [-0.4, -0.2) is 64.5 Å². The quantitative estimate of drug-likeness (QED) is 0.107. The third kappa shape index (κ3) is 9.03. The van der Waals surface area contributed by atoms with Gasteiger partial charge in [0.2, 0.25) is 0 Å². The van der Waals surface area contributed by atoms with Crippen molar-refractivity contribution < 1.29 is 28.5 Å². The zero-order valence-electron chi connectivity index (χ0n) is 37.0. The predicted molar refractivity (Wildman–Crippen MR) is 258 cm³/mol. The lowest BCUT2D eigenvalue weighted by Gasteiger charge is -2.53. The molecule has 0 radical (unpaired) electrons. The Morgan fingerprint density at radius 2 is 1.03 bits per heavy atom. The molecule has 1 aliphatic heterocycles. The summed E-state index contributed by atoms with van der Waals surface area (Å²) in [6.45, 7) is 15.5. The summed E-state index contributed by atoms with van der Waals surface area (Å²) in [7, 11) is -6.60. The highest BCUT2D eigenvalue weighted by Gasteiger charge is 2.59. The van der Waals surface area contributed by atoms with Crippen molar-refractivity contribution in [3.8, 4) is 5.75 Å². The number of benzene rings is 6. The number of aliphatic hydroxyl groups excluding tert-OH is 2. The van der Waals surface area contributed by atoms with Crippen LogP contribution >= 0.6 is 11.6 Å². The second-order valence-electron chi connectivity index (χ2n) is 18.4. The Labute approximate surface area is 375 Å². The van der Waals surface area contributed by atoms with Gasteiger partial charge in [-0.15, -0.1) is 0 Å². The van der Waals surface area contributed by atoms with Gasteiger partial charge in [0.05, 0.1) is 13.2 Å². The van der Waals surface area contributed by atoms with Gasteiger partial charge in [-0.05, 0) is 79.1 Å². The van der Waals surface area contributed by atoms with Crippen molar-refractivity contribution in [2.45, 2.75) is 95.5 Å². The topological polar surface area (TPSA) is 77.4 Å². The molecular formula is C53H61ClO6Si2. The van der Waals surface area contributed by atoms with Crippen LogP contribution in [0.1, 0.15) is 71.3 Å². The van der Waals surface area contributed by atoms with E-state index in [9.17, 15) is 10.2 Å². The first kappa shape index (κ1) is 45.7. The monoisotopic (exact) mass is 884 g/mol. The minimum absolute atomic E-state index is 0.380. The van der Waals surface area contributed by atoms with Gasteiger partial charge in [0.15, 0.2) is 0 Å². The van der Waals surface area contributed by atoms with Crippen molar-refractivity contribution in [1.82, 2.24) is 0 Å². The minimum Gasteiger partial charge on any atom is -0.494 e. The van der Waals surface area contributed by atoms with Crippen LogP contribution in [0.15, 0.2) is 164 Å². The van der Waals surface area contributed by atoms with E-state index in [1.165, 1.54) is 0 Å². The minimum atomic E-state index is -3.32. The van der Waals surface area contributed by atoms with Crippen molar-refractivity contribution in [3.63, 3.8) is 0 Å².